The molecule has 0 bridgehead atoms. The molecule has 0 aliphatic carbocycles. The maximum atomic E-state index is 12.1. The molecule has 0 heterocycles. The number of sulfonamides is 1. The van der Waals surface area contributed by atoms with Crippen LogP contribution in [0.1, 0.15) is 12.0 Å². The first-order chi connectivity index (χ1) is 7.48. The van der Waals surface area contributed by atoms with Gasteiger partial charge in [-0.2, -0.15) is 0 Å². The monoisotopic (exact) mass is 305 g/mol. The Morgan fingerprint density at radius 1 is 1.25 bits per heavy atom. The smallest absolute Gasteiger partial charge is 0.207 e. The standard InChI is InChI=1S/C11H16BrNO2S/c1-10-4-6-11(7-5-10)16(14,15)13(2)9-3-8-12/h4-7H,3,8-9H2,1-2H3. The topological polar surface area (TPSA) is 37.4 Å². The van der Waals surface area contributed by atoms with Gasteiger partial charge in [-0.05, 0) is 25.5 Å². The first-order valence-electron chi connectivity index (χ1n) is 5.07. The first kappa shape index (κ1) is 13.7. The summed E-state index contributed by atoms with van der Waals surface area (Å²) in [4.78, 5) is 0.357. The summed E-state index contributed by atoms with van der Waals surface area (Å²) in [6.45, 7) is 2.46. The van der Waals surface area contributed by atoms with Crippen LogP contribution in [0.25, 0.3) is 0 Å². The lowest BCUT2D eigenvalue weighted by molar-refractivity contribution is 0.470. The van der Waals surface area contributed by atoms with E-state index in [-0.39, 0.29) is 0 Å². The van der Waals surface area contributed by atoms with Gasteiger partial charge in [0.1, 0.15) is 0 Å². The van der Waals surface area contributed by atoms with Gasteiger partial charge in [-0.3, -0.25) is 0 Å². The van der Waals surface area contributed by atoms with Crippen LogP contribution in [-0.4, -0.2) is 31.6 Å². The van der Waals surface area contributed by atoms with Gasteiger partial charge in [-0.15, -0.1) is 0 Å². The van der Waals surface area contributed by atoms with Crippen molar-refractivity contribution in [1.29, 1.82) is 0 Å². The normalized spacial score (nSPS) is 12.0. The molecule has 0 atom stereocenters. The summed E-state index contributed by atoms with van der Waals surface area (Å²) in [7, 11) is -1.71. The fraction of sp³-hybridized carbons (Fsp3) is 0.455. The van der Waals surface area contributed by atoms with Crippen LogP contribution >= 0.6 is 15.9 Å². The summed E-state index contributed by atoms with van der Waals surface area (Å²) in [6, 6.07) is 6.92. The Hall–Kier alpha value is -0.390. The van der Waals surface area contributed by atoms with Crippen molar-refractivity contribution in [3.63, 3.8) is 0 Å². The van der Waals surface area contributed by atoms with Gasteiger partial charge >= 0.3 is 0 Å². The Morgan fingerprint density at radius 2 is 1.81 bits per heavy atom. The minimum atomic E-state index is -3.32. The fourth-order valence-electron chi connectivity index (χ4n) is 1.29. The molecule has 0 amide bonds. The largest absolute Gasteiger partial charge is 0.242 e. The van der Waals surface area contributed by atoms with Crippen LogP contribution < -0.4 is 0 Å². The van der Waals surface area contributed by atoms with Gasteiger partial charge in [0.2, 0.25) is 10.0 Å². The van der Waals surface area contributed by atoms with E-state index in [1.54, 1.807) is 19.2 Å². The summed E-state index contributed by atoms with van der Waals surface area (Å²) in [5, 5.41) is 0.806. The van der Waals surface area contributed by atoms with Crippen molar-refractivity contribution in [2.24, 2.45) is 0 Å². The van der Waals surface area contributed by atoms with E-state index in [0.29, 0.717) is 11.4 Å². The van der Waals surface area contributed by atoms with Gasteiger partial charge in [0.25, 0.3) is 0 Å². The van der Waals surface area contributed by atoms with E-state index in [2.05, 4.69) is 15.9 Å². The zero-order valence-corrected chi connectivity index (χ0v) is 11.9. The number of benzene rings is 1. The van der Waals surface area contributed by atoms with Crippen LogP contribution in [0.2, 0.25) is 0 Å². The Balaban J connectivity index is 2.89. The second-order valence-corrected chi connectivity index (χ2v) is 6.52. The van der Waals surface area contributed by atoms with Gasteiger partial charge < -0.3 is 0 Å². The molecule has 0 aromatic heterocycles. The van der Waals surface area contributed by atoms with E-state index in [1.165, 1.54) is 4.31 Å². The molecule has 1 aromatic rings. The van der Waals surface area contributed by atoms with E-state index >= 15 is 0 Å². The quantitative estimate of drug-likeness (QED) is 0.783. The molecule has 90 valence electrons. The lowest BCUT2D eigenvalue weighted by atomic mass is 10.2. The van der Waals surface area contributed by atoms with E-state index in [4.69, 9.17) is 0 Å². The van der Waals surface area contributed by atoms with Gasteiger partial charge in [0, 0.05) is 18.9 Å². The molecule has 0 unspecified atom stereocenters. The molecular formula is C11H16BrNO2S. The lowest BCUT2D eigenvalue weighted by Gasteiger charge is -2.16. The molecule has 0 aliphatic rings. The SMILES string of the molecule is Cc1ccc(S(=O)(=O)N(C)CCCBr)cc1. The molecular weight excluding hydrogens is 290 g/mol. The van der Waals surface area contributed by atoms with Crippen LogP contribution in [0.15, 0.2) is 29.2 Å². The molecule has 5 heteroatoms. The van der Waals surface area contributed by atoms with Gasteiger partial charge in [-0.1, -0.05) is 33.6 Å². The van der Waals surface area contributed by atoms with Crippen molar-refractivity contribution in [3.8, 4) is 0 Å². The number of nitrogens with zero attached hydrogens (tertiary/aromatic N) is 1. The number of aryl methyl sites for hydroxylation is 1. The summed E-state index contributed by atoms with van der Waals surface area (Å²) in [5.74, 6) is 0. The number of halogens is 1. The Bertz CT molecular complexity index is 428. The summed E-state index contributed by atoms with van der Waals surface area (Å²) < 4.78 is 25.5. The highest BCUT2D eigenvalue weighted by atomic mass is 79.9. The second kappa shape index (κ2) is 5.80. The highest BCUT2D eigenvalue weighted by Crippen LogP contribution is 2.15. The Kier molecular flexibility index (Phi) is 4.95. The molecule has 0 radical (unpaired) electrons. The molecule has 0 saturated heterocycles. The van der Waals surface area contributed by atoms with Gasteiger partial charge in [-0.25, -0.2) is 12.7 Å². The van der Waals surface area contributed by atoms with Crippen LogP contribution in [0.5, 0.6) is 0 Å². The van der Waals surface area contributed by atoms with Crippen molar-refractivity contribution in [1.82, 2.24) is 4.31 Å². The van der Waals surface area contributed by atoms with E-state index in [9.17, 15) is 8.42 Å². The third-order valence-electron chi connectivity index (χ3n) is 2.34. The predicted octanol–water partition coefficient (Wildman–Crippen LogP) is 2.40. The highest BCUT2D eigenvalue weighted by Gasteiger charge is 2.19. The summed E-state index contributed by atoms with van der Waals surface area (Å²) >= 11 is 3.29. The van der Waals surface area contributed by atoms with Crippen LogP contribution in [-0.2, 0) is 10.0 Å². The van der Waals surface area contributed by atoms with Crippen LogP contribution in [0.4, 0.5) is 0 Å². The van der Waals surface area contributed by atoms with Crippen LogP contribution in [0, 0.1) is 6.92 Å². The third kappa shape index (κ3) is 3.30. The van der Waals surface area contributed by atoms with Crippen molar-refractivity contribution < 1.29 is 8.42 Å². The van der Waals surface area contributed by atoms with E-state index in [0.717, 1.165) is 17.3 Å². The molecule has 1 aromatic carbocycles. The molecule has 0 spiro atoms. The molecule has 3 nitrogen and oxygen atoms in total. The number of alkyl halides is 1. The minimum absolute atomic E-state index is 0.357. The van der Waals surface area contributed by atoms with Crippen molar-refractivity contribution in [3.05, 3.63) is 29.8 Å². The molecule has 0 fully saturated rings. The maximum Gasteiger partial charge on any atom is 0.242 e. The number of rotatable bonds is 5. The second-order valence-electron chi connectivity index (χ2n) is 3.68. The zero-order valence-electron chi connectivity index (χ0n) is 9.48. The van der Waals surface area contributed by atoms with E-state index in [1.807, 2.05) is 19.1 Å². The Labute approximate surface area is 106 Å². The van der Waals surface area contributed by atoms with Crippen molar-refractivity contribution >= 4 is 26.0 Å². The highest BCUT2D eigenvalue weighted by molar-refractivity contribution is 9.09. The fourth-order valence-corrected chi connectivity index (χ4v) is 2.75. The third-order valence-corrected chi connectivity index (χ3v) is 4.77. The molecule has 16 heavy (non-hydrogen) atoms. The lowest BCUT2D eigenvalue weighted by Crippen LogP contribution is -2.28. The van der Waals surface area contributed by atoms with Crippen molar-refractivity contribution in [2.45, 2.75) is 18.2 Å². The summed E-state index contributed by atoms with van der Waals surface area (Å²) in [5.41, 5.74) is 1.06. The molecule has 0 aliphatic heterocycles. The zero-order chi connectivity index (χ0) is 12.2. The first-order valence-corrected chi connectivity index (χ1v) is 7.63. The average molecular weight is 306 g/mol. The average Bonchev–Trinajstić information content (AvgIpc) is 2.26. The number of hydrogen-bond acceptors (Lipinski definition) is 2. The van der Waals surface area contributed by atoms with Crippen LogP contribution in [0.3, 0.4) is 0 Å². The molecule has 0 N–H and O–H groups in total. The van der Waals surface area contributed by atoms with Gasteiger partial charge in [0.05, 0.1) is 4.90 Å². The maximum absolute atomic E-state index is 12.1. The minimum Gasteiger partial charge on any atom is -0.207 e. The van der Waals surface area contributed by atoms with Gasteiger partial charge in [0.15, 0.2) is 0 Å². The molecule has 0 saturated carbocycles. The summed E-state index contributed by atoms with van der Waals surface area (Å²) in [6.07, 6.45) is 0.807. The predicted molar refractivity (Wildman–Crippen MR) is 69.4 cm³/mol. The molecule has 1 rings (SSSR count). The van der Waals surface area contributed by atoms with E-state index < -0.39 is 10.0 Å². The number of hydrogen-bond donors (Lipinski definition) is 0. The Morgan fingerprint density at radius 3 is 2.31 bits per heavy atom. The van der Waals surface area contributed by atoms with Crippen molar-refractivity contribution in [2.75, 3.05) is 18.9 Å².